The summed E-state index contributed by atoms with van der Waals surface area (Å²) in [7, 11) is 0. The van der Waals surface area contributed by atoms with Crippen molar-refractivity contribution < 1.29 is 4.74 Å². The number of unbranched alkanes of at least 4 members (excludes halogenated alkanes) is 1. The molecular formula is C14H29NO. The lowest BCUT2D eigenvalue weighted by Crippen LogP contribution is -2.38. The van der Waals surface area contributed by atoms with Gasteiger partial charge in [-0.15, -0.1) is 0 Å². The van der Waals surface area contributed by atoms with Crippen LogP contribution in [-0.4, -0.2) is 25.3 Å². The molecule has 2 nitrogen and oxygen atoms in total. The Morgan fingerprint density at radius 2 is 2.06 bits per heavy atom. The fourth-order valence-electron chi connectivity index (χ4n) is 2.53. The number of rotatable bonds is 7. The zero-order chi connectivity index (χ0) is 12.0. The molecule has 0 aromatic carbocycles. The Bertz CT molecular complexity index is 189. The second-order valence-corrected chi connectivity index (χ2v) is 6.01. The molecule has 1 unspecified atom stereocenters. The van der Waals surface area contributed by atoms with Crippen molar-refractivity contribution in [1.29, 1.82) is 0 Å². The van der Waals surface area contributed by atoms with E-state index >= 15 is 0 Å². The normalized spacial score (nSPS) is 24.2. The summed E-state index contributed by atoms with van der Waals surface area (Å²) in [5.41, 5.74) is 0.508. The highest BCUT2D eigenvalue weighted by atomic mass is 16.5. The zero-order valence-electron chi connectivity index (χ0n) is 11.5. The summed E-state index contributed by atoms with van der Waals surface area (Å²) >= 11 is 0. The summed E-state index contributed by atoms with van der Waals surface area (Å²) in [5.74, 6) is 0. The van der Waals surface area contributed by atoms with Gasteiger partial charge in [0.1, 0.15) is 0 Å². The van der Waals surface area contributed by atoms with Gasteiger partial charge in [-0.1, -0.05) is 20.3 Å². The molecule has 0 aromatic rings. The molecule has 0 aromatic heterocycles. The molecule has 1 saturated carbocycles. The number of hydrogen-bond donors (Lipinski definition) is 1. The third-order valence-electron chi connectivity index (χ3n) is 3.67. The molecule has 0 saturated heterocycles. The van der Waals surface area contributed by atoms with Gasteiger partial charge >= 0.3 is 0 Å². The van der Waals surface area contributed by atoms with Crippen molar-refractivity contribution >= 4 is 0 Å². The second kappa shape index (κ2) is 6.61. The van der Waals surface area contributed by atoms with Crippen molar-refractivity contribution in [2.75, 3.05) is 13.2 Å². The Hall–Kier alpha value is -0.0800. The third kappa shape index (κ3) is 4.84. The lowest BCUT2D eigenvalue weighted by Gasteiger charge is -2.28. The molecule has 1 rings (SSSR count). The molecule has 0 radical (unpaired) electrons. The first-order valence-corrected chi connectivity index (χ1v) is 6.87. The zero-order valence-corrected chi connectivity index (χ0v) is 11.5. The van der Waals surface area contributed by atoms with Gasteiger partial charge in [0.15, 0.2) is 0 Å². The average Bonchev–Trinajstić information content (AvgIpc) is 2.51. The summed E-state index contributed by atoms with van der Waals surface area (Å²) in [4.78, 5) is 0. The van der Waals surface area contributed by atoms with Crippen LogP contribution < -0.4 is 5.32 Å². The molecule has 2 heteroatoms. The predicted molar refractivity (Wildman–Crippen MR) is 69.7 cm³/mol. The van der Waals surface area contributed by atoms with Crippen molar-refractivity contribution in [3.63, 3.8) is 0 Å². The standard InChI is InChI=1S/C14H29NO/c1-12(2)16-11-6-5-10-15-13-8-7-9-14(13,3)4/h12-13,15H,5-11H2,1-4H3. The average molecular weight is 227 g/mol. The molecule has 1 N–H and O–H groups in total. The summed E-state index contributed by atoms with van der Waals surface area (Å²) in [6, 6.07) is 0.735. The first kappa shape index (κ1) is 14.0. The third-order valence-corrected chi connectivity index (χ3v) is 3.67. The lowest BCUT2D eigenvalue weighted by molar-refractivity contribution is 0.0758. The quantitative estimate of drug-likeness (QED) is 0.673. The summed E-state index contributed by atoms with van der Waals surface area (Å²) in [5, 5.41) is 3.70. The fourth-order valence-corrected chi connectivity index (χ4v) is 2.53. The number of hydrogen-bond acceptors (Lipinski definition) is 2. The smallest absolute Gasteiger partial charge is 0.0518 e. The Balaban J connectivity index is 1.99. The first-order chi connectivity index (χ1) is 7.52. The van der Waals surface area contributed by atoms with E-state index < -0.39 is 0 Å². The monoisotopic (exact) mass is 227 g/mol. The van der Waals surface area contributed by atoms with E-state index in [2.05, 4.69) is 33.0 Å². The molecule has 0 heterocycles. The molecule has 96 valence electrons. The molecule has 0 bridgehead atoms. The van der Waals surface area contributed by atoms with Crippen LogP contribution in [0.1, 0.15) is 59.8 Å². The van der Waals surface area contributed by atoms with Crippen LogP contribution in [0.5, 0.6) is 0 Å². The molecule has 0 spiro atoms. The van der Waals surface area contributed by atoms with E-state index in [4.69, 9.17) is 4.74 Å². The van der Waals surface area contributed by atoms with Gasteiger partial charge in [0.2, 0.25) is 0 Å². The Labute approximate surface area is 101 Å². The lowest BCUT2D eigenvalue weighted by atomic mass is 9.87. The van der Waals surface area contributed by atoms with Crippen molar-refractivity contribution in [2.24, 2.45) is 5.41 Å². The van der Waals surface area contributed by atoms with Gasteiger partial charge in [-0.2, -0.15) is 0 Å². The van der Waals surface area contributed by atoms with Gasteiger partial charge in [-0.3, -0.25) is 0 Å². The number of nitrogens with one attached hydrogen (secondary N) is 1. The minimum Gasteiger partial charge on any atom is -0.379 e. The van der Waals surface area contributed by atoms with Crippen LogP contribution in [0.15, 0.2) is 0 Å². The summed E-state index contributed by atoms with van der Waals surface area (Å²) < 4.78 is 5.53. The molecule has 1 aliphatic rings. The second-order valence-electron chi connectivity index (χ2n) is 6.01. The van der Waals surface area contributed by atoms with Crippen LogP contribution in [0, 0.1) is 5.41 Å². The van der Waals surface area contributed by atoms with E-state index in [0.29, 0.717) is 11.5 Å². The maximum atomic E-state index is 5.53. The van der Waals surface area contributed by atoms with Crippen LogP contribution in [0.25, 0.3) is 0 Å². The van der Waals surface area contributed by atoms with Crippen molar-refractivity contribution in [1.82, 2.24) is 5.32 Å². The van der Waals surface area contributed by atoms with Crippen LogP contribution in [0.3, 0.4) is 0 Å². The van der Waals surface area contributed by atoms with Gasteiger partial charge < -0.3 is 10.1 Å². The van der Waals surface area contributed by atoms with Gasteiger partial charge in [-0.05, 0) is 51.5 Å². The van der Waals surface area contributed by atoms with Crippen molar-refractivity contribution in [2.45, 2.75) is 71.9 Å². The van der Waals surface area contributed by atoms with Crippen LogP contribution >= 0.6 is 0 Å². The highest BCUT2D eigenvalue weighted by molar-refractivity contribution is 4.89. The summed E-state index contributed by atoms with van der Waals surface area (Å²) in [6.45, 7) is 11.0. The van der Waals surface area contributed by atoms with Crippen LogP contribution in [0.2, 0.25) is 0 Å². The molecule has 0 aliphatic heterocycles. The van der Waals surface area contributed by atoms with Crippen molar-refractivity contribution in [3.8, 4) is 0 Å². The Morgan fingerprint density at radius 3 is 2.62 bits per heavy atom. The fraction of sp³-hybridized carbons (Fsp3) is 1.00. The minimum atomic E-state index is 0.377. The van der Waals surface area contributed by atoms with E-state index in [1.165, 1.54) is 32.1 Å². The molecule has 0 amide bonds. The molecule has 16 heavy (non-hydrogen) atoms. The van der Waals surface area contributed by atoms with Crippen molar-refractivity contribution in [3.05, 3.63) is 0 Å². The van der Waals surface area contributed by atoms with E-state index in [0.717, 1.165) is 19.2 Å². The largest absolute Gasteiger partial charge is 0.379 e. The van der Waals surface area contributed by atoms with E-state index in [1.54, 1.807) is 0 Å². The van der Waals surface area contributed by atoms with Crippen LogP contribution in [0.4, 0.5) is 0 Å². The van der Waals surface area contributed by atoms with Gasteiger partial charge in [-0.25, -0.2) is 0 Å². The minimum absolute atomic E-state index is 0.377. The van der Waals surface area contributed by atoms with E-state index in [-0.39, 0.29) is 0 Å². The highest BCUT2D eigenvalue weighted by Gasteiger charge is 2.33. The topological polar surface area (TPSA) is 21.3 Å². The van der Waals surface area contributed by atoms with Gasteiger partial charge in [0.25, 0.3) is 0 Å². The molecular weight excluding hydrogens is 198 g/mol. The predicted octanol–water partition coefficient (Wildman–Crippen LogP) is 3.36. The molecule has 1 aliphatic carbocycles. The maximum Gasteiger partial charge on any atom is 0.0518 e. The van der Waals surface area contributed by atoms with Gasteiger partial charge in [0.05, 0.1) is 6.10 Å². The Morgan fingerprint density at radius 1 is 1.31 bits per heavy atom. The number of ether oxygens (including phenoxy) is 1. The van der Waals surface area contributed by atoms with Gasteiger partial charge in [0, 0.05) is 12.6 Å². The molecule has 1 atom stereocenters. The summed E-state index contributed by atoms with van der Waals surface area (Å²) in [6.07, 6.45) is 6.91. The van der Waals surface area contributed by atoms with Crippen LogP contribution in [-0.2, 0) is 4.74 Å². The first-order valence-electron chi connectivity index (χ1n) is 6.87. The SMILES string of the molecule is CC(C)OCCCCNC1CCCC1(C)C. The van der Waals surface area contributed by atoms with E-state index in [9.17, 15) is 0 Å². The Kier molecular flexibility index (Phi) is 5.77. The highest BCUT2D eigenvalue weighted by Crippen LogP contribution is 2.36. The molecule has 1 fully saturated rings. The maximum absolute atomic E-state index is 5.53. The van der Waals surface area contributed by atoms with E-state index in [1.807, 2.05) is 0 Å².